The normalized spacial score (nSPS) is 11.6. The van der Waals surface area contributed by atoms with Crippen LogP contribution in [0.1, 0.15) is 44.5 Å². The van der Waals surface area contributed by atoms with Crippen LogP contribution in [-0.2, 0) is 0 Å². The smallest absolute Gasteiger partial charge is 0.197 e. The van der Waals surface area contributed by atoms with E-state index in [4.69, 9.17) is 4.98 Å². The maximum Gasteiger partial charge on any atom is 0.197 e. The molecule has 0 unspecified atom stereocenters. The van der Waals surface area contributed by atoms with Gasteiger partial charge in [-0.2, -0.15) is 0 Å². The number of nitrogens with zero attached hydrogens (tertiary/aromatic N) is 4. The fourth-order valence-electron chi connectivity index (χ4n) is 13.2. The van der Waals surface area contributed by atoms with Crippen LogP contribution in [-0.4, -0.2) is 14.1 Å². The van der Waals surface area contributed by atoms with Crippen molar-refractivity contribution in [1.82, 2.24) is 14.1 Å². The van der Waals surface area contributed by atoms with E-state index < -0.39 is 0 Å². The third-order valence-corrected chi connectivity index (χ3v) is 17.3. The summed E-state index contributed by atoms with van der Waals surface area (Å²) in [5.74, 6) is 0. The van der Waals surface area contributed by atoms with Crippen molar-refractivity contribution in [3.8, 4) is 89.5 Å². The van der Waals surface area contributed by atoms with Crippen molar-refractivity contribution in [3.63, 3.8) is 0 Å². The molecule has 0 saturated heterocycles. The molecule has 14 rings (SSSR count). The molecule has 0 fully saturated rings. The molecule has 0 N–H and O–H groups in total. The van der Waals surface area contributed by atoms with Gasteiger partial charge in [0.2, 0.25) is 0 Å². The van der Waals surface area contributed by atoms with Crippen LogP contribution in [0.2, 0.25) is 0 Å². The molecule has 0 radical (unpaired) electrons. The lowest BCUT2D eigenvalue weighted by molar-refractivity contribution is 1.10. The van der Waals surface area contributed by atoms with E-state index in [-0.39, 0.29) is 0 Å². The topological polar surface area (TPSA) is 27.1 Å². The first-order valence-electron chi connectivity index (χ1n) is 29.0. The Labute approximate surface area is 492 Å². The molecule has 0 amide bonds. The highest BCUT2D eigenvalue weighted by Gasteiger charge is 2.25. The molecule has 0 saturated carbocycles. The predicted molar refractivity (Wildman–Crippen MR) is 355 cm³/mol. The zero-order chi connectivity index (χ0) is 57.5. The summed E-state index contributed by atoms with van der Waals surface area (Å²) in [4.78, 5) is 9.81. The minimum atomic E-state index is 0.543. The van der Waals surface area contributed by atoms with E-state index in [0.717, 1.165) is 99.8 Å². The molecule has 4 nitrogen and oxygen atoms in total. The molecular weight excluding hydrogens is 1020 g/mol. The largest absolute Gasteiger partial charge is 0.308 e. The minimum absolute atomic E-state index is 0.543. The highest BCUT2D eigenvalue weighted by Crippen LogP contribution is 2.47. The zero-order valence-corrected chi connectivity index (χ0v) is 48.7. The average Bonchev–Trinajstić information content (AvgIpc) is 3.78. The second-order valence-corrected chi connectivity index (χ2v) is 23.2. The van der Waals surface area contributed by atoms with Gasteiger partial charge in [-0.05, 0) is 206 Å². The molecule has 402 valence electrons. The van der Waals surface area contributed by atoms with Crippen LogP contribution in [0.15, 0.2) is 231 Å². The SMILES string of the molecule is [C-]#[N+]c1cc(-n2c3ccc(-c4ccc(C)cc4C)cc3c3cc(-c4ccc(C)cc4C)ccc32)c(-n2c3ccc(-c4ccc(C)cc4C)cc3c3cc(-c4ccc(C)cc4C)ccc32)cc1-c1cc(-c2ccccc2)nc(-c2ccccc2)c1. The molecule has 3 heterocycles. The molecule has 0 atom stereocenters. The number of fused-ring (bicyclic) bond motifs is 6. The van der Waals surface area contributed by atoms with Gasteiger partial charge in [0.1, 0.15) is 0 Å². The first-order chi connectivity index (χ1) is 40.8. The van der Waals surface area contributed by atoms with Crippen LogP contribution in [0.3, 0.4) is 0 Å². The first kappa shape index (κ1) is 51.8. The van der Waals surface area contributed by atoms with Crippen molar-refractivity contribution in [3.05, 3.63) is 286 Å². The van der Waals surface area contributed by atoms with Gasteiger partial charge in [0.25, 0.3) is 0 Å². The summed E-state index contributed by atoms with van der Waals surface area (Å²) in [6, 6.07) is 84.5. The van der Waals surface area contributed by atoms with E-state index in [9.17, 15) is 6.57 Å². The summed E-state index contributed by atoms with van der Waals surface area (Å²) in [5, 5.41) is 4.58. The highest BCUT2D eigenvalue weighted by molar-refractivity contribution is 6.15. The maximum absolute atomic E-state index is 9.21. The molecule has 14 aromatic rings. The van der Waals surface area contributed by atoms with Crippen LogP contribution in [0.5, 0.6) is 0 Å². The Morgan fingerprint density at radius 2 is 0.607 bits per heavy atom. The van der Waals surface area contributed by atoms with Gasteiger partial charge in [0, 0.05) is 32.7 Å². The Balaban J connectivity index is 1.12. The second-order valence-electron chi connectivity index (χ2n) is 23.2. The maximum atomic E-state index is 9.21. The monoisotopic (exact) mass is 1080 g/mol. The van der Waals surface area contributed by atoms with Crippen LogP contribution < -0.4 is 0 Å². The van der Waals surface area contributed by atoms with Gasteiger partial charge in [0.15, 0.2) is 5.69 Å². The van der Waals surface area contributed by atoms with E-state index in [0.29, 0.717) is 5.69 Å². The number of benzene rings is 11. The summed E-state index contributed by atoms with van der Waals surface area (Å²) in [6.45, 7) is 26.7. The quantitative estimate of drug-likeness (QED) is 0.132. The Kier molecular flexibility index (Phi) is 12.7. The van der Waals surface area contributed by atoms with Crippen molar-refractivity contribution in [1.29, 1.82) is 0 Å². The lowest BCUT2D eigenvalue weighted by Crippen LogP contribution is -2.04. The van der Waals surface area contributed by atoms with Crippen LogP contribution in [0, 0.1) is 62.0 Å². The predicted octanol–water partition coefficient (Wildman–Crippen LogP) is 22.0. The van der Waals surface area contributed by atoms with Gasteiger partial charge >= 0.3 is 0 Å². The third-order valence-electron chi connectivity index (χ3n) is 17.3. The van der Waals surface area contributed by atoms with Gasteiger partial charge in [0.05, 0.1) is 51.4 Å². The summed E-state index contributed by atoms with van der Waals surface area (Å²) < 4.78 is 4.90. The van der Waals surface area contributed by atoms with Crippen molar-refractivity contribution >= 4 is 49.3 Å². The summed E-state index contributed by atoms with van der Waals surface area (Å²) >= 11 is 0. The molecule has 0 aliphatic carbocycles. The number of pyridine rings is 1. The van der Waals surface area contributed by atoms with Crippen LogP contribution in [0.25, 0.3) is 138 Å². The lowest BCUT2D eigenvalue weighted by Gasteiger charge is -2.20. The number of hydrogen-bond acceptors (Lipinski definition) is 1. The molecule has 0 spiro atoms. The molecule has 4 heteroatoms. The molecule has 84 heavy (non-hydrogen) atoms. The first-order valence-corrected chi connectivity index (χ1v) is 29.0. The molecule has 11 aromatic carbocycles. The Morgan fingerprint density at radius 3 is 0.917 bits per heavy atom. The van der Waals surface area contributed by atoms with E-state index in [2.05, 4.69) is 288 Å². The van der Waals surface area contributed by atoms with E-state index >= 15 is 0 Å². The fraction of sp³-hybridized carbons (Fsp3) is 0.100. The Bertz CT molecular complexity index is 4770. The molecule has 0 aliphatic rings. The van der Waals surface area contributed by atoms with Crippen molar-refractivity contribution in [2.24, 2.45) is 0 Å². The number of rotatable bonds is 9. The number of hydrogen-bond donors (Lipinski definition) is 0. The van der Waals surface area contributed by atoms with E-state index in [1.54, 1.807) is 0 Å². The number of aromatic nitrogens is 3. The standard InChI is InChI=1S/C80H62N4/c1-48-20-28-63(52(5)36-48)58-24-32-75-68(40-58)69-41-59(64-29-21-49(2)37-53(64)6)25-33-76(69)83(75)79-46-67(62-44-72(56-16-12-10-13-17-56)82-73(45-62)57-18-14-11-15-19-57)74(81-9)47-80(79)84-77-34-26-60(65-30-22-50(3)38-54(65)7)42-70(77)71-43-61(27-35-78(71)84)66-31-23-51(4)39-55(66)8/h10-47H,1-8H3. The van der Waals surface area contributed by atoms with Gasteiger partial charge in [-0.3, -0.25) is 0 Å². The van der Waals surface area contributed by atoms with Crippen molar-refractivity contribution in [2.75, 3.05) is 0 Å². The fourth-order valence-corrected chi connectivity index (χ4v) is 13.2. The molecule has 3 aromatic heterocycles. The Hall–Kier alpha value is -10.3. The Morgan fingerprint density at radius 1 is 0.286 bits per heavy atom. The van der Waals surface area contributed by atoms with Gasteiger partial charge < -0.3 is 9.13 Å². The number of aryl methyl sites for hydroxylation is 8. The van der Waals surface area contributed by atoms with E-state index in [1.807, 2.05) is 12.1 Å². The molecule has 0 bridgehead atoms. The minimum Gasteiger partial charge on any atom is -0.308 e. The van der Waals surface area contributed by atoms with Gasteiger partial charge in [-0.1, -0.05) is 180 Å². The van der Waals surface area contributed by atoms with E-state index in [1.165, 1.54) is 77.9 Å². The molecular formula is C80H62N4. The summed E-state index contributed by atoms with van der Waals surface area (Å²) in [7, 11) is 0. The zero-order valence-electron chi connectivity index (χ0n) is 48.7. The van der Waals surface area contributed by atoms with Crippen LogP contribution in [0.4, 0.5) is 5.69 Å². The van der Waals surface area contributed by atoms with Crippen molar-refractivity contribution in [2.45, 2.75) is 55.4 Å². The lowest BCUT2D eigenvalue weighted by atomic mass is 9.95. The highest BCUT2D eigenvalue weighted by atomic mass is 15.1. The second kappa shape index (κ2) is 20.6. The van der Waals surface area contributed by atoms with Gasteiger partial charge in [-0.15, -0.1) is 0 Å². The van der Waals surface area contributed by atoms with Gasteiger partial charge in [-0.25, -0.2) is 9.83 Å². The summed E-state index contributed by atoms with van der Waals surface area (Å²) in [6.07, 6.45) is 0. The third kappa shape index (κ3) is 8.98. The van der Waals surface area contributed by atoms with Crippen LogP contribution >= 0.6 is 0 Å². The molecule has 0 aliphatic heterocycles. The average molecular weight is 1080 g/mol. The van der Waals surface area contributed by atoms with Crippen molar-refractivity contribution < 1.29 is 0 Å². The summed E-state index contributed by atoms with van der Waals surface area (Å²) in [5.41, 5.74) is 31.5.